The first kappa shape index (κ1) is 9.06. The Hall–Kier alpha value is -1.51. The van der Waals surface area contributed by atoms with E-state index in [0.29, 0.717) is 0 Å². The van der Waals surface area contributed by atoms with Gasteiger partial charge in [0.15, 0.2) is 0 Å². The molecule has 0 saturated carbocycles. The average Bonchev–Trinajstić information content (AvgIpc) is 2.46. The number of hydrogen-bond acceptors (Lipinski definition) is 2. The lowest BCUT2D eigenvalue weighted by atomic mass is 10.2. The number of ether oxygens (including phenoxy) is 1. The van der Waals surface area contributed by atoms with Crippen LogP contribution in [0, 0.1) is 0 Å². The lowest BCUT2D eigenvalue weighted by Gasteiger charge is -2.09. The van der Waals surface area contributed by atoms with E-state index >= 15 is 0 Å². The summed E-state index contributed by atoms with van der Waals surface area (Å²) in [4.78, 5) is 0. The van der Waals surface area contributed by atoms with Crippen molar-refractivity contribution in [2.45, 2.75) is 20.0 Å². The van der Waals surface area contributed by atoms with E-state index in [1.807, 2.05) is 50.0 Å². The maximum Gasteiger partial charge on any atom is 0.120 e. The van der Waals surface area contributed by atoms with E-state index in [1.54, 1.807) is 0 Å². The van der Waals surface area contributed by atoms with Crippen molar-refractivity contribution in [3.8, 4) is 5.75 Å². The molecule has 1 heterocycles. The standard InChI is InChI=1S/C11H14N2O/c1-8(2)14-10-4-5-11-9(6-10)7-12-13(11)3/h4-8H,1-3H3. The summed E-state index contributed by atoms with van der Waals surface area (Å²) >= 11 is 0. The summed E-state index contributed by atoms with van der Waals surface area (Å²) in [6.45, 7) is 4.04. The second kappa shape index (κ2) is 3.33. The fourth-order valence-electron chi connectivity index (χ4n) is 1.49. The molecule has 3 nitrogen and oxygen atoms in total. The highest BCUT2D eigenvalue weighted by atomic mass is 16.5. The summed E-state index contributed by atoms with van der Waals surface area (Å²) in [5.74, 6) is 0.903. The van der Waals surface area contributed by atoms with E-state index in [-0.39, 0.29) is 6.10 Å². The molecule has 0 atom stereocenters. The Morgan fingerprint density at radius 3 is 2.86 bits per heavy atom. The molecule has 0 fully saturated rings. The van der Waals surface area contributed by atoms with Gasteiger partial charge in [0.1, 0.15) is 5.75 Å². The van der Waals surface area contributed by atoms with Crippen molar-refractivity contribution in [1.82, 2.24) is 9.78 Å². The largest absolute Gasteiger partial charge is 0.491 e. The van der Waals surface area contributed by atoms with Gasteiger partial charge in [0.25, 0.3) is 0 Å². The second-order valence-corrected chi connectivity index (χ2v) is 3.66. The Bertz CT molecular complexity index is 445. The Labute approximate surface area is 83.3 Å². The maximum absolute atomic E-state index is 5.59. The quantitative estimate of drug-likeness (QED) is 0.726. The van der Waals surface area contributed by atoms with Crippen molar-refractivity contribution in [3.05, 3.63) is 24.4 Å². The molecule has 0 spiro atoms. The van der Waals surface area contributed by atoms with Crippen LogP contribution in [-0.2, 0) is 7.05 Å². The van der Waals surface area contributed by atoms with Gasteiger partial charge in [0.2, 0.25) is 0 Å². The summed E-state index contributed by atoms with van der Waals surface area (Å²) in [7, 11) is 1.94. The van der Waals surface area contributed by atoms with Crippen LogP contribution >= 0.6 is 0 Å². The van der Waals surface area contributed by atoms with Crippen LogP contribution in [0.15, 0.2) is 24.4 Å². The van der Waals surface area contributed by atoms with Crippen molar-refractivity contribution in [3.63, 3.8) is 0 Å². The summed E-state index contributed by atoms with van der Waals surface area (Å²) in [6, 6.07) is 6.02. The highest BCUT2D eigenvalue weighted by molar-refractivity contribution is 5.80. The van der Waals surface area contributed by atoms with Crippen LogP contribution in [0.3, 0.4) is 0 Å². The second-order valence-electron chi connectivity index (χ2n) is 3.66. The summed E-state index contributed by atoms with van der Waals surface area (Å²) in [6.07, 6.45) is 2.06. The van der Waals surface area contributed by atoms with E-state index in [4.69, 9.17) is 4.74 Å². The Morgan fingerprint density at radius 1 is 1.36 bits per heavy atom. The van der Waals surface area contributed by atoms with Crippen molar-refractivity contribution in [1.29, 1.82) is 0 Å². The number of nitrogens with zero attached hydrogens (tertiary/aromatic N) is 2. The molecule has 0 aliphatic carbocycles. The lowest BCUT2D eigenvalue weighted by Crippen LogP contribution is -2.05. The van der Waals surface area contributed by atoms with Gasteiger partial charge in [0, 0.05) is 12.4 Å². The molecular formula is C11H14N2O. The number of aromatic nitrogens is 2. The van der Waals surface area contributed by atoms with Gasteiger partial charge in [-0.3, -0.25) is 4.68 Å². The van der Waals surface area contributed by atoms with Gasteiger partial charge in [-0.25, -0.2) is 0 Å². The van der Waals surface area contributed by atoms with Crippen LogP contribution in [0.1, 0.15) is 13.8 Å². The Kier molecular flexibility index (Phi) is 2.15. The minimum absolute atomic E-state index is 0.212. The third-order valence-corrected chi connectivity index (χ3v) is 2.09. The van der Waals surface area contributed by atoms with E-state index in [0.717, 1.165) is 16.7 Å². The van der Waals surface area contributed by atoms with Crippen LogP contribution in [-0.4, -0.2) is 15.9 Å². The average molecular weight is 190 g/mol. The molecule has 3 heteroatoms. The molecule has 14 heavy (non-hydrogen) atoms. The fraction of sp³-hybridized carbons (Fsp3) is 0.364. The highest BCUT2D eigenvalue weighted by Crippen LogP contribution is 2.20. The van der Waals surface area contributed by atoms with Gasteiger partial charge < -0.3 is 4.74 Å². The Morgan fingerprint density at radius 2 is 2.14 bits per heavy atom. The molecule has 0 radical (unpaired) electrons. The number of rotatable bonds is 2. The van der Waals surface area contributed by atoms with Crippen LogP contribution < -0.4 is 4.74 Å². The molecule has 1 aromatic carbocycles. The fourth-order valence-corrected chi connectivity index (χ4v) is 1.49. The van der Waals surface area contributed by atoms with Crippen molar-refractivity contribution >= 4 is 10.9 Å². The zero-order valence-corrected chi connectivity index (χ0v) is 8.69. The molecular weight excluding hydrogens is 176 g/mol. The molecule has 0 saturated heterocycles. The van der Waals surface area contributed by atoms with Gasteiger partial charge in [-0.05, 0) is 32.0 Å². The first-order valence-electron chi connectivity index (χ1n) is 4.75. The SMILES string of the molecule is CC(C)Oc1ccc2c(cnn2C)c1. The molecule has 2 aromatic rings. The number of aryl methyl sites for hydroxylation is 1. The molecule has 0 aliphatic rings. The summed E-state index contributed by atoms with van der Waals surface area (Å²) in [5, 5.41) is 5.29. The zero-order chi connectivity index (χ0) is 10.1. The first-order chi connectivity index (χ1) is 6.66. The topological polar surface area (TPSA) is 27.1 Å². The maximum atomic E-state index is 5.59. The predicted octanol–water partition coefficient (Wildman–Crippen LogP) is 2.36. The lowest BCUT2D eigenvalue weighted by molar-refractivity contribution is 0.243. The third-order valence-electron chi connectivity index (χ3n) is 2.09. The van der Waals surface area contributed by atoms with E-state index in [9.17, 15) is 0 Å². The van der Waals surface area contributed by atoms with Crippen LogP contribution in [0.2, 0.25) is 0 Å². The number of fused-ring (bicyclic) bond motifs is 1. The first-order valence-corrected chi connectivity index (χ1v) is 4.75. The van der Waals surface area contributed by atoms with Gasteiger partial charge in [-0.1, -0.05) is 0 Å². The van der Waals surface area contributed by atoms with E-state index in [1.165, 1.54) is 0 Å². The molecule has 0 aliphatic heterocycles. The van der Waals surface area contributed by atoms with Crippen LogP contribution in [0.25, 0.3) is 10.9 Å². The number of hydrogen-bond donors (Lipinski definition) is 0. The monoisotopic (exact) mass is 190 g/mol. The zero-order valence-electron chi connectivity index (χ0n) is 8.69. The molecule has 0 bridgehead atoms. The van der Waals surface area contributed by atoms with Gasteiger partial charge in [-0.15, -0.1) is 0 Å². The minimum atomic E-state index is 0.212. The summed E-state index contributed by atoms with van der Waals surface area (Å²) < 4.78 is 7.45. The third kappa shape index (κ3) is 1.58. The molecule has 74 valence electrons. The Balaban J connectivity index is 2.42. The van der Waals surface area contributed by atoms with Crippen molar-refractivity contribution in [2.24, 2.45) is 7.05 Å². The predicted molar refractivity (Wildman–Crippen MR) is 56.5 cm³/mol. The van der Waals surface area contributed by atoms with Crippen LogP contribution in [0.4, 0.5) is 0 Å². The smallest absolute Gasteiger partial charge is 0.120 e. The molecule has 2 rings (SSSR count). The normalized spacial score (nSPS) is 11.1. The van der Waals surface area contributed by atoms with Gasteiger partial charge >= 0.3 is 0 Å². The molecule has 0 unspecified atom stereocenters. The minimum Gasteiger partial charge on any atom is -0.491 e. The summed E-state index contributed by atoms with van der Waals surface area (Å²) in [5.41, 5.74) is 1.13. The highest BCUT2D eigenvalue weighted by Gasteiger charge is 2.02. The van der Waals surface area contributed by atoms with Crippen LogP contribution in [0.5, 0.6) is 5.75 Å². The van der Waals surface area contributed by atoms with E-state index in [2.05, 4.69) is 5.10 Å². The van der Waals surface area contributed by atoms with Gasteiger partial charge in [0.05, 0.1) is 17.8 Å². The molecule has 0 N–H and O–H groups in total. The molecule has 1 aromatic heterocycles. The van der Waals surface area contributed by atoms with E-state index < -0.39 is 0 Å². The molecule has 0 amide bonds. The van der Waals surface area contributed by atoms with Crippen molar-refractivity contribution in [2.75, 3.05) is 0 Å². The van der Waals surface area contributed by atoms with Crippen molar-refractivity contribution < 1.29 is 4.74 Å². The van der Waals surface area contributed by atoms with Gasteiger partial charge in [-0.2, -0.15) is 5.10 Å². The number of benzene rings is 1.